The number of hydrogen-bond acceptors (Lipinski definition) is 2. The molecule has 0 aromatic carbocycles. The van der Waals surface area contributed by atoms with Crippen LogP contribution in [0, 0.1) is 0 Å². The predicted octanol–water partition coefficient (Wildman–Crippen LogP) is -0.340. The Kier molecular flexibility index (Phi) is 223. The van der Waals surface area contributed by atoms with Gasteiger partial charge in [-0.3, -0.25) is 0 Å². The maximum atomic E-state index is 8.06. The SMILES string of the molecule is N.O=[Si].[Zr]. The molecule has 0 aromatic heterocycles. The van der Waals surface area contributed by atoms with E-state index in [1.54, 1.807) is 10.1 Å². The summed E-state index contributed by atoms with van der Waals surface area (Å²) in [5.74, 6) is 0. The van der Waals surface area contributed by atoms with Crippen LogP contribution in [0.5, 0.6) is 0 Å². The van der Waals surface area contributed by atoms with Crippen molar-refractivity contribution in [2.45, 2.75) is 0 Å². The van der Waals surface area contributed by atoms with E-state index in [9.17, 15) is 0 Å². The first-order valence-electron chi connectivity index (χ1n) is 0.204. The van der Waals surface area contributed by atoms with Crippen LogP contribution in [0.25, 0.3) is 0 Å². The average Bonchev–Trinajstić information content (AvgIpc) is 1.00. The Morgan fingerprint density at radius 2 is 1.25 bits per heavy atom. The Balaban J connectivity index is -0.00000000500. The van der Waals surface area contributed by atoms with E-state index in [1.165, 1.54) is 0 Å². The zero-order valence-electron chi connectivity index (χ0n) is 2.12. The van der Waals surface area contributed by atoms with Gasteiger partial charge in [-0.05, 0) is 0 Å². The maximum Gasteiger partial charge on any atom is 0.381 e. The summed E-state index contributed by atoms with van der Waals surface area (Å²) in [4.78, 5) is 0. The fourth-order valence-electron chi connectivity index (χ4n) is 0. The molecular weight excluding hydrogens is 149 g/mol. The molecule has 0 heterocycles. The molecule has 0 amide bonds. The average molecular weight is 152 g/mol. The van der Waals surface area contributed by atoms with Gasteiger partial charge in [0, 0.05) is 26.2 Å². The Hall–Kier alpha value is 0.860. The van der Waals surface area contributed by atoms with Crippen LogP contribution in [0.15, 0.2) is 0 Å². The number of hydrogen-bond donors (Lipinski definition) is 1. The molecule has 22 valence electrons. The maximum absolute atomic E-state index is 8.06. The van der Waals surface area contributed by atoms with Crippen LogP contribution in [-0.2, 0) is 30.7 Å². The van der Waals surface area contributed by atoms with Gasteiger partial charge in [-0.25, -0.2) is 0 Å². The third kappa shape index (κ3) is 13.4. The standard InChI is InChI=1S/H3N.OSi.Zr/c;1-2;/h1H3;;. The smallest absolute Gasteiger partial charge is 0.381 e. The Bertz CT molecular complexity index is 8.00. The van der Waals surface area contributed by atoms with Crippen LogP contribution in [-0.4, -0.2) is 10.1 Å². The van der Waals surface area contributed by atoms with Crippen molar-refractivity contribution in [3.05, 3.63) is 0 Å². The summed E-state index contributed by atoms with van der Waals surface area (Å²) in [5, 5.41) is 0. The Morgan fingerprint density at radius 3 is 1.25 bits per heavy atom. The third-order valence-corrected chi connectivity index (χ3v) is 0. The Morgan fingerprint density at radius 1 is 1.25 bits per heavy atom. The van der Waals surface area contributed by atoms with Gasteiger partial charge in [0.25, 0.3) is 0 Å². The summed E-state index contributed by atoms with van der Waals surface area (Å²) in [6.45, 7) is 0. The summed E-state index contributed by atoms with van der Waals surface area (Å²) in [6, 6.07) is 0. The van der Waals surface area contributed by atoms with Crippen molar-refractivity contribution < 1.29 is 30.7 Å². The van der Waals surface area contributed by atoms with Crippen LogP contribution in [0.1, 0.15) is 0 Å². The predicted molar refractivity (Wildman–Crippen MR) is 11.5 cm³/mol. The summed E-state index contributed by atoms with van der Waals surface area (Å²) >= 11 is 0. The minimum Gasteiger partial charge on any atom is -0.381 e. The monoisotopic (exact) mass is 151 g/mol. The van der Waals surface area contributed by atoms with Crippen molar-refractivity contribution in [1.29, 1.82) is 0 Å². The van der Waals surface area contributed by atoms with E-state index in [0.29, 0.717) is 0 Å². The van der Waals surface area contributed by atoms with Crippen LogP contribution in [0.3, 0.4) is 0 Å². The molecule has 0 fully saturated rings. The molecule has 0 aliphatic heterocycles. The van der Waals surface area contributed by atoms with E-state index >= 15 is 0 Å². The van der Waals surface area contributed by atoms with E-state index in [-0.39, 0.29) is 32.4 Å². The third-order valence-electron chi connectivity index (χ3n) is 0. The fraction of sp³-hybridized carbons (Fsp3) is 0. The van der Waals surface area contributed by atoms with E-state index in [1.807, 2.05) is 0 Å². The topological polar surface area (TPSA) is 52.1 Å². The van der Waals surface area contributed by atoms with Crippen molar-refractivity contribution in [3.8, 4) is 0 Å². The normalized spacial score (nSPS) is 1.00. The molecule has 0 atom stereocenters. The van der Waals surface area contributed by atoms with Gasteiger partial charge in [0.15, 0.2) is 0 Å². The molecule has 3 N–H and O–H groups in total. The van der Waals surface area contributed by atoms with Crippen molar-refractivity contribution in [3.63, 3.8) is 0 Å². The molecule has 0 aliphatic rings. The minimum atomic E-state index is 0. The molecule has 4 heteroatoms. The van der Waals surface area contributed by atoms with E-state index in [2.05, 4.69) is 0 Å². The molecule has 0 rings (SSSR count). The largest absolute Gasteiger partial charge is 0.381 e. The molecule has 0 aliphatic carbocycles. The van der Waals surface area contributed by atoms with E-state index in [4.69, 9.17) is 4.46 Å². The molecule has 0 saturated carbocycles. The molecule has 0 unspecified atom stereocenters. The fourth-order valence-corrected chi connectivity index (χ4v) is 0. The molecule has 0 spiro atoms. The van der Waals surface area contributed by atoms with E-state index < -0.39 is 0 Å². The summed E-state index contributed by atoms with van der Waals surface area (Å²) in [5.41, 5.74) is 0. The second-order valence-corrected chi connectivity index (χ2v) is 0. The van der Waals surface area contributed by atoms with Crippen molar-refractivity contribution in [2.75, 3.05) is 0 Å². The van der Waals surface area contributed by atoms with Crippen LogP contribution in [0.2, 0.25) is 0 Å². The zero-order chi connectivity index (χ0) is 2.00. The first-order valence-corrected chi connectivity index (χ1v) is 0.612. The molecule has 4 heavy (non-hydrogen) atoms. The molecular formula is H3NOSiZr. The first-order chi connectivity index (χ1) is 1.00. The number of rotatable bonds is 0. The van der Waals surface area contributed by atoms with Crippen molar-refractivity contribution in [2.24, 2.45) is 0 Å². The van der Waals surface area contributed by atoms with Crippen LogP contribution < -0.4 is 6.15 Å². The second-order valence-electron chi connectivity index (χ2n) is 0. The van der Waals surface area contributed by atoms with Gasteiger partial charge < -0.3 is 10.6 Å². The van der Waals surface area contributed by atoms with Gasteiger partial charge in [-0.2, -0.15) is 0 Å². The second kappa shape index (κ2) is 42.7. The molecule has 0 saturated heterocycles. The van der Waals surface area contributed by atoms with Crippen LogP contribution in [0.4, 0.5) is 0 Å². The summed E-state index contributed by atoms with van der Waals surface area (Å²) in [7, 11) is 1.72. The molecule has 0 aromatic rings. The molecule has 0 bridgehead atoms. The Labute approximate surface area is 47.2 Å². The summed E-state index contributed by atoms with van der Waals surface area (Å²) in [6.07, 6.45) is 0. The molecule has 2 radical (unpaired) electrons. The van der Waals surface area contributed by atoms with Gasteiger partial charge in [0.2, 0.25) is 0 Å². The zero-order valence-corrected chi connectivity index (χ0v) is 5.57. The van der Waals surface area contributed by atoms with Gasteiger partial charge in [0.1, 0.15) is 0 Å². The van der Waals surface area contributed by atoms with Gasteiger partial charge in [0.05, 0.1) is 0 Å². The summed E-state index contributed by atoms with van der Waals surface area (Å²) < 4.78 is 8.06. The quantitative estimate of drug-likeness (QED) is 0.483. The van der Waals surface area contributed by atoms with Gasteiger partial charge in [-0.15, -0.1) is 0 Å². The van der Waals surface area contributed by atoms with Gasteiger partial charge >= 0.3 is 10.1 Å². The van der Waals surface area contributed by atoms with Crippen molar-refractivity contribution >= 4 is 10.1 Å². The van der Waals surface area contributed by atoms with E-state index in [0.717, 1.165) is 0 Å². The minimum absolute atomic E-state index is 0. The van der Waals surface area contributed by atoms with Crippen LogP contribution >= 0.6 is 0 Å². The molecule has 2 nitrogen and oxygen atoms in total. The van der Waals surface area contributed by atoms with Gasteiger partial charge in [-0.1, -0.05) is 0 Å². The first kappa shape index (κ1) is 20.9. The van der Waals surface area contributed by atoms with Crippen molar-refractivity contribution in [1.82, 2.24) is 6.15 Å².